The standard InChI is InChI=1S/C9H22Si.Li.H/c1-7(2)10(8(3)4)9(5)6;;/h7-10H,1-6H3;;. The van der Waals surface area contributed by atoms with Gasteiger partial charge in [-0.2, -0.15) is 0 Å². The zero-order valence-corrected chi connectivity index (χ0v) is 9.46. The van der Waals surface area contributed by atoms with E-state index in [1.807, 2.05) is 0 Å². The van der Waals surface area contributed by atoms with E-state index in [0.29, 0.717) is 0 Å². The van der Waals surface area contributed by atoms with Crippen LogP contribution in [0.4, 0.5) is 0 Å². The first kappa shape index (κ1) is 14.3. The van der Waals surface area contributed by atoms with Crippen molar-refractivity contribution in [2.24, 2.45) is 0 Å². The Morgan fingerprint density at radius 2 is 0.818 bits per heavy atom. The van der Waals surface area contributed by atoms with Gasteiger partial charge in [0.2, 0.25) is 0 Å². The monoisotopic (exact) mass is 166 g/mol. The molecule has 0 N–H and O–H groups in total. The maximum absolute atomic E-state index is 2.39. The van der Waals surface area contributed by atoms with E-state index in [-0.39, 0.29) is 18.9 Å². The third-order valence-electron chi connectivity index (χ3n) is 2.31. The van der Waals surface area contributed by atoms with E-state index in [1.165, 1.54) is 0 Å². The molecule has 0 amide bonds. The van der Waals surface area contributed by atoms with E-state index in [0.717, 1.165) is 16.6 Å². The molecule has 0 aliphatic carbocycles. The Hall–Kier alpha value is 0.814. The summed E-state index contributed by atoms with van der Waals surface area (Å²) in [5, 5.41) is 0. The Morgan fingerprint density at radius 3 is 0.818 bits per heavy atom. The predicted molar refractivity (Wildman–Crippen MR) is 59.6 cm³/mol. The Balaban J connectivity index is 0. The van der Waals surface area contributed by atoms with E-state index in [1.54, 1.807) is 0 Å². The molecule has 0 rings (SSSR count). The first-order valence-electron chi connectivity index (χ1n) is 4.46. The van der Waals surface area contributed by atoms with Gasteiger partial charge < -0.3 is 0 Å². The molecule has 0 atom stereocenters. The van der Waals surface area contributed by atoms with Gasteiger partial charge in [-0.15, -0.1) is 0 Å². The van der Waals surface area contributed by atoms with Crippen LogP contribution in [0, 0.1) is 0 Å². The number of rotatable bonds is 3. The summed E-state index contributed by atoms with van der Waals surface area (Å²) in [6.07, 6.45) is 0. The van der Waals surface area contributed by atoms with Gasteiger partial charge in [-0.25, -0.2) is 0 Å². The van der Waals surface area contributed by atoms with E-state index in [2.05, 4.69) is 41.5 Å². The average Bonchev–Trinajstić information content (AvgIpc) is 1.59. The second kappa shape index (κ2) is 6.34. The van der Waals surface area contributed by atoms with Crippen molar-refractivity contribution >= 4 is 27.7 Å². The first-order valence-corrected chi connectivity index (χ1v) is 6.46. The van der Waals surface area contributed by atoms with Gasteiger partial charge in [-0.3, -0.25) is 0 Å². The van der Waals surface area contributed by atoms with Crippen LogP contribution in [0.15, 0.2) is 0 Å². The molecule has 0 aliphatic rings. The van der Waals surface area contributed by atoms with Crippen molar-refractivity contribution in [1.82, 2.24) is 0 Å². The third kappa shape index (κ3) is 5.12. The van der Waals surface area contributed by atoms with Crippen LogP contribution < -0.4 is 0 Å². The molecule has 11 heavy (non-hydrogen) atoms. The van der Waals surface area contributed by atoms with Gasteiger partial charge >= 0.3 is 18.9 Å². The van der Waals surface area contributed by atoms with Crippen LogP contribution >= 0.6 is 0 Å². The fourth-order valence-corrected chi connectivity index (χ4v) is 6.93. The summed E-state index contributed by atoms with van der Waals surface area (Å²) in [4.78, 5) is 0. The second-order valence-corrected chi connectivity index (χ2v) is 9.46. The molecular weight excluding hydrogens is 143 g/mol. The summed E-state index contributed by atoms with van der Waals surface area (Å²) >= 11 is 0. The minimum atomic E-state index is -0.454. The zero-order valence-electron chi connectivity index (χ0n) is 8.31. The molecule has 0 saturated heterocycles. The molecule has 2 heteroatoms. The molecule has 0 radical (unpaired) electrons. The molecule has 0 unspecified atom stereocenters. The topological polar surface area (TPSA) is 0 Å². The molecule has 0 aliphatic heterocycles. The zero-order chi connectivity index (χ0) is 8.31. The van der Waals surface area contributed by atoms with E-state index in [4.69, 9.17) is 0 Å². The van der Waals surface area contributed by atoms with Gasteiger partial charge in [0, 0.05) is 8.80 Å². The summed E-state index contributed by atoms with van der Waals surface area (Å²) in [5.74, 6) is 0. The van der Waals surface area contributed by atoms with Crippen LogP contribution in [-0.4, -0.2) is 27.7 Å². The van der Waals surface area contributed by atoms with Gasteiger partial charge in [-0.1, -0.05) is 58.2 Å². The van der Waals surface area contributed by atoms with Crippen molar-refractivity contribution in [2.75, 3.05) is 0 Å². The predicted octanol–water partition coefficient (Wildman–Crippen LogP) is 2.80. The Bertz CT molecular complexity index is 70.5. The van der Waals surface area contributed by atoms with Crippen LogP contribution in [-0.2, 0) is 0 Å². The van der Waals surface area contributed by atoms with Gasteiger partial charge in [0.25, 0.3) is 0 Å². The summed E-state index contributed by atoms with van der Waals surface area (Å²) in [6, 6.07) is 0. The molecular formula is C9H23LiSi. The molecule has 64 valence electrons. The maximum atomic E-state index is 2.39. The van der Waals surface area contributed by atoms with Crippen molar-refractivity contribution in [3.8, 4) is 0 Å². The second-order valence-electron chi connectivity index (χ2n) is 4.31. The summed E-state index contributed by atoms with van der Waals surface area (Å²) in [5.41, 5.74) is 2.92. The van der Waals surface area contributed by atoms with Gasteiger partial charge in [0.05, 0.1) is 0 Å². The fraction of sp³-hybridized carbons (Fsp3) is 1.00. The molecule has 0 fully saturated rings. The summed E-state index contributed by atoms with van der Waals surface area (Å²) in [7, 11) is -0.454. The van der Waals surface area contributed by atoms with E-state index >= 15 is 0 Å². The van der Waals surface area contributed by atoms with E-state index in [9.17, 15) is 0 Å². The van der Waals surface area contributed by atoms with Crippen molar-refractivity contribution in [3.05, 3.63) is 0 Å². The van der Waals surface area contributed by atoms with Crippen LogP contribution in [0.5, 0.6) is 0 Å². The number of hydrogen-bond donors (Lipinski definition) is 0. The SMILES string of the molecule is CC(C)[SiH](C(C)C)C(C)C.[LiH]. The van der Waals surface area contributed by atoms with Crippen molar-refractivity contribution in [3.63, 3.8) is 0 Å². The first-order chi connectivity index (χ1) is 4.46. The fourth-order valence-electron chi connectivity index (χ4n) is 2.31. The molecule has 0 aromatic heterocycles. The average molecular weight is 166 g/mol. The molecule has 0 aromatic carbocycles. The Kier molecular flexibility index (Phi) is 8.27. The van der Waals surface area contributed by atoms with Crippen LogP contribution in [0.25, 0.3) is 0 Å². The van der Waals surface area contributed by atoms with Gasteiger partial charge in [-0.05, 0) is 0 Å². The van der Waals surface area contributed by atoms with Crippen molar-refractivity contribution < 1.29 is 0 Å². The molecule has 0 bridgehead atoms. The minimum absolute atomic E-state index is 0. The van der Waals surface area contributed by atoms with Crippen LogP contribution in [0.3, 0.4) is 0 Å². The molecule has 0 spiro atoms. The normalized spacial score (nSPS) is 11.5. The molecule has 0 nitrogen and oxygen atoms in total. The van der Waals surface area contributed by atoms with E-state index < -0.39 is 8.80 Å². The van der Waals surface area contributed by atoms with Crippen molar-refractivity contribution in [1.29, 1.82) is 0 Å². The quantitative estimate of drug-likeness (QED) is 0.566. The van der Waals surface area contributed by atoms with Gasteiger partial charge in [0.1, 0.15) is 0 Å². The number of hydrogen-bond acceptors (Lipinski definition) is 0. The molecule has 0 aromatic rings. The summed E-state index contributed by atoms with van der Waals surface area (Å²) in [6.45, 7) is 14.3. The van der Waals surface area contributed by atoms with Crippen LogP contribution in [0.1, 0.15) is 41.5 Å². The van der Waals surface area contributed by atoms with Crippen LogP contribution in [0.2, 0.25) is 16.6 Å². The van der Waals surface area contributed by atoms with Crippen molar-refractivity contribution in [2.45, 2.75) is 58.2 Å². The Morgan fingerprint density at radius 1 is 0.636 bits per heavy atom. The third-order valence-corrected chi connectivity index (χ3v) is 6.93. The Labute approximate surface area is 85.9 Å². The van der Waals surface area contributed by atoms with Gasteiger partial charge in [0.15, 0.2) is 0 Å². The summed E-state index contributed by atoms with van der Waals surface area (Å²) < 4.78 is 0. The molecule has 0 saturated carbocycles. The molecule has 0 heterocycles.